The molecule has 2 N–H and O–H groups in total. The highest BCUT2D eigenvalue weighted by molar-refractivity contribution is 5.71. The van der Waals surface area contributed by atoms with Crippen LogP contribution in [0.5, 0.6) is 0 Å². The topological polar surface area (TPSA) is 89.2 Å². The molecular weight excluding hydrogens is 458 g/mol. The Morgan fingerprint density at radius 1 is 0.750 bits per heavy atom. The first-order valence-corrected chi connectivity index (χ1v) is 13.7. The molecule has 7 nitrogen and oxygen atoms in total. The number of hydrogen-bond donors (Lipinski definition) is 1. The number of carbonyl (C=O) groups is 1. The van der Waals surface area contributed by atoms with Gasteiger partial charge in [-0.25, -0.2) is 0 Å². The van der Waals surface area contributed by atoms with Gasteiger partial charge in [0.15, 0.2) is 0 Å². The lowest BCUT2D eigenvalue weighted by atomic mass is 9.68. The van der Waals surface area contributed by atoms with Crippen LogP contribution in [-0.4, -0.2) is 62.5 Å². The Hall–Kier alpha value is -0.730. The molecule has 0 rings (SSSR count). The molecule has 0 aromatic carbocycles. The van der Waals surface area contributed by atoms with Gasteiger partial charge in [0.05, 0.1) is 43.0 Å². The van der Waals surface area contributed by atoms with Crippen molar-refractivity contribution in [2.24, 2.45) is 28.4 Å². The van der Waals surface area contributed by atoms with Crippen molar-refractivity contribution in [1.82, 2.24) is 0 Å². The molecule has 216 valence electrons. The van der Waals surface area contributed by atoms with Crippen molar-refractivity contribution in [1.29, 1.82) is 0 Å². The highest BCUT2D eigenvalue weighted by Crippen LogP contribution is 2.41. The quantitative estimate of drug-likeness (QED) is 0.128. The van der Waals surface area contributed by atoms with Gasteiger partial charge in [0.25, 0.3) is 0 Å². The molecule has 0 fully saturated rings. The molecule has 0 aliphatic heterocycles. The number of nitrogens with two attached hydrogens (primary N) is 1. The van der Waals surface area contributed by atoms with E-state index in [1.54, 1.807) is 0 Å². The van der Waals surface area contributed by atoms with Gasteiger partial charge in [-0.3, -0.25) is 4.79 Å². The van der Waals surface area contributed by atoms with Crippen LogP contribution in [-0.2, 0) is 28.5 Å². The van der Waals surface area contributed by atoms with Crippen LogP contribution in [0.3, 0.4) is 0 Å². The third kappa shape index (κ3) is 12.7. The van der Waals surface area contributed by atoms with E-state index in [0.717, 1.165) is 12.8 Å². The highest BCUT2D eigenvalue weighted by atomic mass is 16.6. The van der Waals surface area contributed by atoms with Gasteiger partial charge in [0.2, 0.25) is 0 Å². The zero-order chi connectivity index (χ0) is 28.4. The molecule has 0 saturated carbocycles. The van der Waals surface area contributed by atoms with E-state index >= 15 is 0 Å². The predicted molar refractivity (Wildman–Crippen MR) is 147 cm³/mol. The molecule has 0 spiro atoms. The van der Waals surface area contributed by atoms with Crippen LogP contribution in [0.15, 0.2) is 0 Å². The minimum atomic E-state index is -0.369. The summed E-state index contributed by atoms with van der Waals surface area (Å²) in [6, 6.07) is 0. The van der Waals surface area contributed by atoms with Crippen molar-refractivity contribution in [2.75, 3.05) is 33.0 Å². The zero-order valence-electron chi connectivity index (χ0n) is 25.8. The molecule has 0 saturated heterocycles. The van der Waals surface area contributed by atoms with Gasteiger partial charge in [0, 0.05) is 6.61 Å². The van der Waals surface area contributed by atoms with Crippen molar-refractivity contribution in [3.8, 4) is 0 Å². The maximum atomic E-state index is 11.6. The molecular formula is C29H59NO6. The standard InChI is InChI=1S/C29H59NO6/c1-21(2)25(31)33-18-19-35-27(8,9)15-17-36-29(12,13)28(10,11)22(3)20-34-23(4)26(6,7)14-16-32-24(5)30/h21-24H,14-20,30H2,1-13H3. The van der Waals surface area contributed by atoms with Gasteiger partial charge in [-0.05, 0) is 71.1 Å². The summed E-state index contributed by atoms with van der Waals surface area (Å²) in [5.41, 5.74) is 4.84. The summed E-state index contributed by atoms with van der Waals surface area (Å²) in [6.45, 7) is 29.7. The normalized spacial score (nSPS) is 16.2. The third-order valence-electron chi connectivity index (χ3n) is 8.07. The Kier molecular flexibility index (Phi) is 14.7. The van der Waals surface area contributed by atoms with E-state index in [9.17, 15) is 4.79 Å². The average Bonchev–Trinajstić information content (AvgIpc) is 2.73. The van der Waals surface area contributed by atoms with Crippen LogP contribution in [0.4, 0.5) is 0 Å². The number of hydrogen-bond acceptors (Lipinski definition) is 7. The van der Waals surface area contributed by atoms with Crippen LogP contribution >= 0.6 is 0 Å². The first kappa shape index (κ1) is 35.3. The fourth-order valence-corrected chi connectivity index (χ4v) is 3.46. The largest absolute Gasteiger partial charge is 0.463 e. The summed E-state index contributed by atoms with van der Waals surface area (Å²) < 4.78 is 29.5. The Morgan fingerprint density at radius 2 is 1.33 bits per heavy atom. The SMILES string of the molecule is CC(N)OCCC(C)(C)C(C)OCC(C)C(C)(C)C(C)(C)OCCC(C)(C)OCCOC(=O)C(C)C. The maximum Gasteiger partial charge on any atom is 0.308 e. The third-order valence-corrected chi connectivity index (χ3v) is 8.07. The zero-order valence-corrected chi connectivity index (χ0v) is 25.8. The molecule has 0 radical (unpaired) electrons. The van der Waals surface area contributed by atoms with Gasteiger partial charge in [-0.1, -0.05) is 48.5 Å². The summed E-state index contributed by atoms with van der Waals surface area (Å²) in [5, 5.41) is 0. The minimum Gasteiger partial charge on any atom is -0.463 e. The summed E-state index contributed by atoms with van der Waals surface area (Å²) in [7, 11) is 0. The van der Waals surface area contributed by atoms with Gasteiger partial charge < -0.3 is 29.4 Å². The molecule has 36 heavy (non-hydrogen) atoms. The molecule has 0 bridgehead atoms. The van der Waals surface area contributed by atoms with E-state index in [1.165, 1.54) is 0 Å². The van der Waals surface area contributed by atoms with Crippen molar-refractivity contribution < 1.29 is 28.5 Å². The summed E-state index contributed by atoms with van der Waals surface area (Å²) in [4.78, 5) is 11.6. The van der Waals surface area contributed by atoms with E-state index in [4.69, 9.17) is 29.4 Å². The number of esters is 1. The van der Waals surface area contributed by atoms with Crippen LogP contribution in [0.2, 0.25) is 0 Å². The van der Waals surface area contributed by atoms with Crippen LogP contribution < -0.4 is 5.73 Å². The molecule has 0 aliphatic rings. The lowest BCUT2D eigenvalue weighted by Gasteiger charge is -2.46. The fraction of sp³-hybridized carbons (Fsp3) is 0.966. The second-order valence-corrected chi connectivity index (χ2v) is 13.0. The van der Waals surface area contributed by atoms with Gasteiger partial charge in [-0.15, -0.1) is 0 Å². The Morgan fingerprint density at radius 3 is 1.86 bits per heavy atom. The van der Waals surface area contributed by atoms with Crippen molar-refractivity contribution >= 4 is 5.97 Å². The van der Waals surface area contributed by atoms with E-state index < -0.39 is 0 Å². The molecule has 0 amide bonds. The monoisotopic (exact) mass is 517 g/mol. The molecule has 0 aliphatic carbocycles. The molecule has 3 unspecified atom stereocenters. The predicted octanol–water partition coefficient (Wildman–Crippen LogP) is 5.97. The van der Waals surface area contributed by atoms with Crippen LogP contribution in [0.25, 0.3) is 0 Å². The van der Waals surface area contributed by atoms with Crippen molar-refractivity contribution in [2.45, 2.75) is 126 Å². The molecule has 0 aromatic heterocycles. The number of carbonyl (C=O) groups excluding carboxylic acids is 1. The molecule has 0 heterocycles. The molecule has 7 heteroatoms. The Bertz CT molecular complexity index is 627. The van der Waals surface area contributed by atoms with E-state index in [-0.39, 0.29) is 58.8 Å². The second kappa shape index (κ2) is 15.0. The first-order chi connectivity index (χ1) is 16.2. The summed E-state index contributed by atoms with van der Waals surface area (Å²) in [5.74, 6) is -0.0414. The van der Waals surface area contributed by atoms with E-state index in [0.29, 0.717) is 26.4 Å². The maximum absolute atomic E-state index is 11.6. The molecule has 3 atom stereocenters. The van der Waals surface area contributed by atoms with Gasteiger partial charge >= 0.3 is 5.97 Å². The first-order valence-electron chi connectivity index (χ1n) is 13.7. The van der Waals surface area contributed by atoms with Crippen LogP contribution in [0, 0.1) is 22.7 Å². The van der Waals surface area contributed by atoms with Gasteiger partial charge in [0.1, 0.15) is 12.8 Å². The minimum absolute atomic E-state index is 0.0104. The Balaban J connectivity index is 4.66. The van der Waals surface area contributed by atoms with Crippen LogP contribution in [0.1, 0.15) is 103 Å². The second-order valence-electron chi connectivity index (χ2n) is 13.0. The summed E-state index contributed by atoms with van der Waals surface area (Å²) in [6.07, 6.45) is 1.48. The van der Waals surface area contributed by atoms with Crippen molar-refractivity contribution in [3.05, 3.63) is 0 Å². The lowest BCUT2D eigenvalue weighted by molar-refractivity contribution is -0.156. The number of ether oxygens (including phenoxy) is 5. The van der Waals surface area contributed by atoms with E-state index in [2.05, 4.69) is 55.4 Å². The highest BCUT2D eigenvalue weighted by Gasteiger charge is 2.43. The van der Waals surface area contributed by atoms with Gasteiger partial charge in [-0.2, -0.15) is 0 Å². The Labute approximate surface area is 222 Å². The average molecular weight is 518 g/mol. The fourth-order valence-electron chi connectivity index (χ4n) is 3.46. The smallest absolute Gasteiger partial charge is 0.308 e. The molecule has 0 aromatic rings. The lowest BCUT2D eigenvalue weighted by Crippen LogP contribution is -2.48. The number of rotatable bonds is 19. The van der Waals surface area contributed by atoms with Crippen molar-refractivity contribution in [3.63, 3.8) is 0 Å². The van der Waals surface area contributed by atoms with E-state index in [1.807, 2.05) is 34.6 Å². The summed E-state index contributed by atoms with van der Waals surface area (Å²) >= 11 is 0.